The Morgan fingerprint density at radius 1 is 0.633 bits per heavy atom. The van der Waals surface area contributed by atoms with Crippen molar-refractivity contribution in [3.8, 4) is 0 Å². The molecule has 0 saturated carbocycles. The van der Waals surface area contributed by atoms with Gasteiger partial charge in [0.15, 0.2) is 11.4 Å². The first-order valence-corrected chi connectivity index (χ1v) is 18.7. The number of hydrogen-bond donors (Lipinski definition) is 0. The van der Waals surface area contributed by atoms with E-state index < -0.39 is 29.8 Å². The fraction of sp³-hybridized carbons (Fsp3) is 0.595. The molecule has 15 nitrogen and oxygen atoms in total. The van der Waals surface area contributed by atoms with Gasteiger partial charge in [-0.1, -0.05) is 23.2 Å². The van der Waals surface area contributed by atoms with Crippen molar-refractivity contribution in [2.75, 3.05) is 35.5 Å². The maximum atomic E-state index is 12.5. The molecule has 0 aromatic carbocycles. The lowest BCUT2D eigenvalue weighted by Crippen LogP contribution is -2.11. The SMILES string of the molecule is CCn1cc(COC)c(C)n1.COC(C)c1c(C(F)(F)F)nn(C)c1Cl.COCc1c(C(F)(F)F)nn(C)c1Cl.COCc1cn(C)nc1C.COCc1cnn(C)c1C. The molecule has 0 N–H and O–H groups in total. The molecule has 0 amide bonds. The van der Waals surface area contributed by atoms with E-state index in [4.69, 9.17) is 42.1 Å². The summed E-state index contributed by atoms with van der Waals surface area (Å²) in [5.41, 5.74) is 4.51. The van der Waals surface area contributed by atoms with Crippen LogP contribution in [-0.4, -0.2) is 84.5 Å². The summed E-state index contributed by atoms with van der Waals surface area (Å²) < 4.78 is 107. The first-order chi connectivity index (χ1) is 27.9. The molecule has 340 valence electrons. The maximum absolute atomic E-state index is 12.5. The smallest absolute Gasteiger partial charge is 0.380 e. The number of nitrogens with zero attached hydrogens (tertiary/aromatic N) is 10. The number of alkyl halides is 6. The molecule has 0 bridgehead atoms. The van der Waals surface area contributed by atoms with Crippen LogP contribution in [0.1, 0.15) is 76.2 Å². The summed E-state index contributed by atoms with van der Waals surface area (Å²) in [5, 5.41) is 19.0. The predicted molar refractivity (Wildman–Crippen MR) is 213 cm³/mol. The zero-order valence-electron chi connectivity index (χ0n) is 36.4. The Morgan fingerprint density at radius 3 is 1.50 bits per heavy atom. The zero-order valence-corrected chi connectivity index (χ0v) is 37.9. The summed E-state index contributed by atoms with van der Waals surface area (Å²) in [4.78, 5) is 0. The van der Waals surface area contributed by atoms with E-state index in [0.717, 1.165) is 38.4 Å². The molecule has 0 radical (unpaired) electrons. The van der Waals surface area contributed by atoms with Gasteiger partial charge in [-0.3, -0.25) is 23.4 Å². The van der Waals surface area contributed by atoms with Crippen LogP contribution in [0.3, 0.4) is 0 Å². The second-order valence-electron chi connectivity index (χ2n) is 12.9. The normalized spacial score (nSPS) is 11.8. The van der Waals surface area contributed by atoms with Crippen LogP contribution >= 0.6 is 23.2 Å². The minimum atomic E-state index is -4.52. The van der Waals surface area contributed by atoms with Gasteiger partial charge in [-0.15, -0.1) is 0 Å². The minimum absolute atomic E-state index is 0.0563. The van der Waals surface area contributed by atoms with Gasteiger partial charge in [-0.25, -0.2) is 0 Å². The Balaban J connectivity index is 0.000000379. The molecule has 5 aromatic rings. The topological polar surface area (TPSA) is 135 Å². The van der Waals surface area contributed by atoms with Crippen LogP contribution in [-0.2, 0) is 97.2 Å². The van der Waals surface area contributed by atoms with Gasteiger partial charge in [0.2, 0.25) is 0 Å². The number of hydrogen-bond acceptors (Lipinski definition) is 10. The summed E-state index contributed by atoms with van der Waals surface area (Å²) in [7, 11) is 14.2. The molecule has 0 spiro atoms. The first kappa shape index (κ1) is 54.0. The standard InChI is InChI=1S/C8H10ClF3N2O.C8H14N2O.C7H8ClF3N2O.2C7H12N2O/c1-4(15-3)5-6(8(10,11)12)13-14(2)7(5)9;1-4-10-5-8(6-11-3)7(2)9-10;1-13-6(8)4(3-14-2)5(12-13)7(9,10)11;1-6-7(5-10-3)4-9(2)8-6;1-6-7(5-10-3)4-8-9(6)2/h4H,1-3H3;5H,4,6H2,1-3H3;3H2,1-2H3;2*4H,5H2,1-3H3. The van der Waals surface area contributed by atoms with Crippen molar-refractivity contribution in [2.45, 2.75) is 86.0 Å². The third-order valence-electron chi connectivity index (χ3n) is 8.39. The molecule has 0 aliphatic carbocycles. The van der Waals surface area contributed by atoms with Crippen LogP contribution in [0.15, 0.2) is 18.6 Å². The summed E-state index contributed by atoms with van der Waals surface area (Å²) >= 11 is 11.3. The molecule has 1 unspecified atom stereocenters. The number of methoxy groups -OCH3 is 5. The molecule has 5 heterocycles. The molecule has 60 heavy (non-hydrogen) atoms. The average Bonchev–Trinajstić information content (AvgIpc) is 3.95. The lowest BCUT2D eigenvalue weighted by Gasteiger charge is -2.11. The molecule has 23 heteroatoms. The van der Waals surface area contributed by atoms with Crippen LogP contribution in [0.5, 0.6) is 0 Å². The van der Waals surface area contributed by atoms with Gasteiger partial charge in [-0.2, -0.15) is 51.8 Å². The van der Waals surface area contributed by atoms with Crippen molar-refractivity contribution in [3.05, 3.63) is 85.2 Å². The minimum Gasteiger partial charge on any atom is -0.380 e. The number of aryl methyl sites for hydroxylation is 7. The molecule has 5 rings (SSSR count). The highest BCUT2D eigenvalue weighted by Crippen LogP contribution is 2.38. The van der Waals surface area contributed by atoms with Gasteiger partial charge < -0.3 is 23.7 Å². The largest absolute Gasteiger partial charge is 0.435 e. The Morgan fingerprint density at radius 2 is 1.10 bits per heavy atom. The average molecular weight is 906 g/mol. The number of rotatable bonds is 11. The lowest BCUT2D eigenvalue weighted by molar-refractivity contribution is -0.143. The summed E-state index contributed by atoms with van der Waals surface area (Å²) in [6.45, 7) is 12.2. The second kappa shape index (κ2) is 25.1. The Bertz CT molecular complexity index is 2020. The van der Waals surface area contributed by atoms with Gasteiger partial charge in [0.05, 0.1) is 55.7 Å². The summed E-state index contributed by atoms with van der Waals surface area (Å²) in [5.74, 6) is 0. The molecule has 0 saturated heterocycles. The Hall–Kier alpha value is -3.99. The first-order valence-electron chi connectivity index (χ1n) is 18.0. The third-order valence-corrected chi connectivity index (χ3v) is 9.31. The van der Waals surface area contributed by atoms with Crippen molar-refractivity contribution in [1.29, 1.82) is 0 Å². The Kier molecular flexibility index (Phi) is 22.6. The molecular formula is C37H56Cl2F6N10O5. The summed E-state index contributed by atoms with van der Waals surface area (Å²) in [6, 6.07) is 0. The van der Waals surface area contributed by atoms with E-state index in [1.54, 1.807) is 26.0 Å². The quantitative estimate of drug-likeness (QED) is 0.120. The van der Waals surface area contributed by atoms with E-state index in [0.29, 0.717) is 19.8 Å². The summed E-state index contributed by atoms with van der Waals surface area (Å²) in [6.07, 6.45) is -3.94. The fourth-order valence-electron chi connectivity index (χ4n) is 5.06. The lowest BCUT2D eigenvalue weighted by atomic mass is 10.1. The van der Waals surface area contributed by atoms with Crippen molar-refractivity contribution in [2.24, 2.45) is 28.2 Å². The van der Waals surface area contributed by atoms with Crippen molar-refractivity contribution < 1.29 is 50.0 Å². The molecule has 5 aromatic heterocycles. The van der Waals surface area contributed by atoms with E-state index in [1.807, 2.05) is 62.8 Å². The van der Waals surface area contributed by atoms with Crippen LogP contribution in [0.4, 0.5) is 26.3 Å². The van der Waals surface area contributed by atoms with Crippen molar-refractivity contribution >= 4 is 23.2 Å². The van der Waals surface area contributed by atoms with Gasteiger partial charge in [-0.05, 0) is 34.6 Å². The fourth-order valence-corrected chi connectivity index (χ4v) is 5.52. The van der Waals surface area contributed by atoms with Crippen molar-refractivity contribution in [3.63, 3.8) is 0 Å². The molecular weight excluding hydrogens is 849 g/mol. The molecule has 0 fully saturated rings. The van der Waals surface area contributed by atoms with Gasteiger partial charge in [0.1, 0.15) is 10.3 Å². The number of aromatic nitrogens is 10. The van der Waals surface area contributed by atoms with Crippen molar-refractivity contribution in [1.82, 2.24) is 48.9 Å². The van der Waals surface area contributed by atoms with Crippen LogP contribution in [0.25, 0.3) is 0 Å². The number of ether oxygens (including phenoxy) is 5. The van der Waals surface area contributed by atoms with E-state index in [2.05, 4.69) is 37.2 Å². The molecule has 0 aliphatic heterocycles. The second-order valence-corrected chi connectivity index (χ2v) is 13.6. The van der Waals surface area contributed by atoms with Crippen LogP contribution in [0.2, 0.25) is 10.3 Å². The van der Waals surface area contributed by atoms with E-state index in [1.165, 1.54) is 46.5 Å². The van der Waals surface area contributed by atoms with Crippen LogP contribution in [0, 0.1) is 20.8 Å². The highest BCUT2D eigenvalue weighted by Gasteiger charge is 2.40. The number of halogens is 8. The van der Waals surface area contributed by atoms with E-state index >= 15 is 0 Å². The van der Waals surface area contributed by atoms with Crippen LogP contribution < -0.4 is 0 Å². The van der Waals surface area contributed by atoms with E-state index in [-0.39, 0.29) is 28.0 Å². The molecule has 1 atom stereocenters. The Labute approximate surface area is 356 Å². The highest BCUT2D eigenvalue weighted by molar-refractivity contribution is 6.30. The van der Waals surface area contributed by atoms with E-state index in [9.17, 15) is 26.3 Å². The predicted octanol–water partition coefficient (Wildman–Crippen LogP) is 8.15. The van der Waals surface area contributed by atoms with Gasteiger partial charge in [0.25, 0.3) is 0 Å². The van der Waals surface area contributed by atoms with Gasteiger partial charge >= 0.3 is 12.4 Å². The molecule has 0 aliphatic rings. The monoisotopic (exact) mass is 904 g/mol. The highest BCUT2D eigenvalue weighted by atomic mass is 35.5. The van der Waals surface area contributed by atoms with Gasteiger partial charge in [0, 0.05) is 111 Å². The zero-order chi connectivity index (χ0) is 46.1. The maximum Gasteiger partial charge on any atom is 0.435 e. The third kappa shape index (κ3) is 16.1.